The minimum atomic E-state index is -0.00975. The number of hydrogen-bond acceptors (Lipinski definition) is 2. The molecule has 0 aliphatic heterocycles. The van der Waals surface area contributed by atoms with Gasteiger partial charge in [-0.15, -0.1) is 0 Å². The van der Waals surface area contributed by atoms with Crippen LogP contribution in [0.3, 0.4) is 0 Å². The van der Waals surface area contributed by atoms with Crippen LogP contribution in [0.2, 0.25) is 0 Å². The van der Waals surface area contributed by atoms with Crippen LogP contribution in [-0.2, 0) is 0 Å². The van der Waals surface area contributed by atoms with Crippen molar-refractivity contribution in [2.75, 3.05) is 7.11 Å². The van der Waals surface area contributed by atoms with E-state index in [-0.39, 0.29) is 5.56 Å². The van der Waals surface area contributed by atoms with Gasteiger partial charge in [-0.25, -0.2) is 0 Å². The van der Waals surface area contributed by atoms with Crippen molar-refractivity contribution in [2.24, 2.45) is 0 Å². The molecule has 3 nitrogen and oxygen atoms in total. The lowest BCUT2D eigenvalue weighted by Crippen LogP contribution is -2.16. The largest absolute Gasteiger partial charge is 0.497 e. The number of benzene rings is 2. The summed E-state index contributed by atoms with van der Waals surface area (Å²) in [5.41, 5.74) is 2.52. The summed E-state index contributed by atoms with van der Waals surface area (Å²) in [5.74, 6) is 0.777. The number of rotatable bonds is 2. The third-order valence-electron chi connectivity index (χ3n) is 4.14. The fraction of sp³-hybridized carbons (Fsp3) is 0.0500. The summed E-state index contributed by atoms with van der Waals surface area (Å²) in [6, 6.07) is 21.4. The zero-order valence-corrected chi connectivity index (χ0v) is 12.7. The normalized spacial score (nSPS) is 11.0. The second-order valence-corrected chi connectivity index (χ2v) is 5.41. The first-order chi connectivity index (χ1) is 11.3. The lowest BCUT2D eigenvalue weighted by molar-refractivity contribution is 0.415. The van der Waals surface area contributed by atoms with Gasteiger partial charge < -0.3 is 4.74 Å². The van der Waals surface area contributed by atoms with Crippen molar-refractivity contribution in [3.05, 3.63) is 83.3 Å². The highest BCUT2D eigenvalue weighted by molar-refractivity contribution is 6.04. The van der Waals surface area contributed by atoms with E-state index in [1.165, 1.54) is 0 Å². The topological polar surface area (TPSA) is 30.7 Å². The van der Waals surface area contributed by atoms with Crippen LogP contribution in [0.1, 0.15) is 0 Å². The molecule has 0 aliphatic rings. The average Bonchev–Trinajstić information content (AvgIpc) is 2.63. The Morgan fingerprint density at radius 1 is 0.826 bits per heavy atom. The maximum Gasteiger partial charge on any atom is 0.263 e. The predicted molar refractivity (Wildman–Crippen MR) is 93.2 cm³/mol. The summed E-state index contributed by atoms with van der Waals surface area (Å²) in [4.78, 5) is 13.0. The van der Waals surface area contributed by atoms with Gasteiger partial charge in [-0.05, 0) is 35.2 Å². The van der Waals surface area contributed by atoms with Crippen LogP contribution < -0.4 is 10.3 Å². The maximum atomic E-state index is 13.0. The number of fused-ring (bicyclic) bond motifs is 3. The van der Waals surface area contributed by atoms with E-state index >= 15 is 0 Å². The molecule has 4 rings (SSSR count). The lowest BCUT2D eigenvalue weighted by Gasteiger charge is -2.11. The van der Waals surface area contributed by atoms with Gasteiger partial charge in [-0.3, -0.25) is 9.20 Å². The van der Waals surface area contributed by atoms with Gasteiger partial charge in [0.25, 0.3) is 5.56 Å². The second kappa shape index (κ2) is 5.29. The van der Waals surface area contributed by atoms with Gasteiger partial charge >= 0.3 is 0 Å². The predicted octanol–water partition coefficient (Wildman–Crippen LogP) is 4.13. The molecule has 0 bridgehead atoms. The fourth-order valence-corrected chi connectivity index (χ4v) is 3.04. The smallest absolute Gasteiger partial charge is 0.263 e. The molecule has 2 aromatic heterocycles. The molecule has 112 valence electrons. The Hall–Kier alpha value is -3.07. The molecule has 0 spiro atoms. The highest BCUT2D eigenvalue weighted by Gasteiger charge is 2.13. The van der Waals surface area contributed by atoms with Crippen LogP contribution in [-0.4, -0.2) is 11.5 Å². The third kappa shape index (κ3) is 2.09. The quantitative estimate of drug-likeness (QED) is 0.521. The summed E-state index contributed by atoms with van der Waals surface area (Å²) in [7, 11) is 1.63. The fourth-order valence-electron chi connectivity index (χ4n) is 3.04. The molecule has 3 heteroatoms. The van der Waals surface area contributed by atoms with E-state index in [0.29, 0.717) is 5.56 Å². The zero-order valence-electron chi connectivity index (χ0n) is 12.7. The first kappa shape index (κ1) is 13.6. The van der Waals surface area contributed by atoms with Crippen LogP contribution in [0.15, 0.2) is 77.7 Å². The second-order valence-electron chi connectivity index (χ2n) is 5.41. The summed E-state index contributed by atoms with van der Waals surface area (Å²) >= 11 is 0. The average molecular weight is 301 g/mol. The lowest BCUT2D eigenvalue weighted by atomic mass is 9.99. The Balaban J connectivity index is 2.15. The number of hydrogen-bond donors (Lipinski definition) is 0. The Kier molecular flexibility index (Phi) is 3.12. The van der Waals surface area contributed by atoms with E-state index in [0.717, 1.165) is 27.6 Å². The van der Waals surface area contributed by atoms with Crippen molar-refractivity contribution >= 4 is 16.3 Å². The first-order valence-corrected chi connectivity index (χ1v) is 7.46. The molecule has 0 amide bonds. The van der Waals surface area contributed by atoms with Gasteiger partial charge in [0.1, 0.15) is 5.75 Å². The molecule has 0 aliphatic carbocycles. The maximum absolute atomic E-state index is 13.0. The molecule has 4 aromatic rings. The van der Waals surface area contributed by atoms with Crippen molar-refractivity contribution in [3.63, 3.8) is 0 Å². The van der Waals surface area contributed by atoms with Crippen molar-refractivity contribution in [1.29, 1.82) is 0 Å². The Morgan fingerprint density at radius 3 is 2.26 bits per heavy atom. The molecular formula is C20H15NO2. The van der Waals surface area contributed by atoms with Crippen molar-refractivity contribution in [3.8, 4) is 16.9 Å². The molecule has 0 unspecified atom stereocenters. The number of nitrogens with zero attached hydrogens (tertiary/aromatic N) is 1. The number of pyridine rings is 2. The van der Waals surface area contributed by atoms with Crippen LogP contribution in [0.5, 0.6) is 5.75 Å². The molecule has 2 aromatic carbocycles. The zero-order chi connectivity index (χ0) is 15.8. The van der Waals surface area contributed by atoms with E-state index in [4.69, 9.17) is 4.74 Å². The van der Waals surface area contributed by atoms with Gasteiger partial charge in [0, 0.05) is 11.6 Å². The minimum absolute atomic E-state index is 0.00975. The van der Waals surface area contributed by atoms with Crippen molar-refractivity contribution in [1.82, 2.24) is 4.40 Å². The summed E-state index contributed by atoms with van der Waals surface area (Å²) < 4.78 is 6.92. The van der Waals surface area contributed by atoms with Crippen molar-refractivity contribution in [2.45, 2.75) is 0 Å². The Labute approximate surface area is 133 Å². The monoisotopic (exact) mass is 301 g/mol. The molecular weight excluding hydrogens is 286 g/mol. The molecule has 0 saturated carbocycles. The van der Waals surface area contributed by atoms with Gasteiger partial charge in [0.05, 0.1) is 18.2 Å². The van der Waals surface area contributed by atoms with Crippen LogP contribution in [0.4, 0.5) is 0 Å². The first-order valence-electron chi connectivity index (χ1n) is 7.46. The van der Waals surface area contributed by atoms with Gasteiger partial charge in [-0.2, -0.15) is 0 Å². The standard InChI is InChI=1S/C20H15NO2/c1-23-15-11-9-14(10-12-15)19-17-7-3-2-6-16(17)18-8-4-5-13-21(18)20(19)22/h2-13H,1H3. The summed E-state index contributed by atoms with van der Waals surface area (Å²) in [5, 5.41) is 2.03. The molecule has 0 atom stereocenters. The van der Waals surface area contributed by atoms with Crippen molar-refractivity contribution < 1.29 is 4.74 Å². The molecule has 0 N–H and O–H groups in total. The highest BCUT2D eigenvalue weighted by Crippen LogP contribution is 2.29. The molecule has 0 radical (unpaired) electrons. The van der Waals surface area contributed by atoms with E-state index in [1.807, 2.05) is 66.9 Å². The Morgan fingerprint density at radius 2 is 1.52 bits per heavy atom. The highest BCUT2D eigenvalue weighted by atomic mass is 16.5. The van der Waals surface area contributed by atoms with Gasteiger partial charge in [0.15, 0.2) is 0 Å². The third-order valence-corrected chi connectivity index (χ3v) is 4.14. The molecule has 0 saturated heterocycles. The van der Waals surface area contributed by atoms with E-state index in [1.54, 1.807) is 11.5 Å². The number of aromatic nitrogens is 1. The van der Waals surface area contributed by atoms with Crippen LogP contribution in [0.25, 0.3) is 27.4 Å². The summed E-state index contributed by atoms with van der Waals surface area (Å²) in [6.07, 6.45) is 1.82. The Bertz CT molecular complexity index is 1060. The van der Waals surface area contributed by atoms with Crippen LogP contribution in [0, 0.1) is 0 Å². The SMILES string of the molecule is COc1ccc(-c2c(=O)n3ccccc3c3ccccc23)cc1. The molecule has 0 fully saturated rings. The molecule has 23 heavy (non-hydrogen) atoms. The van der Waals surface area contributed by atoms with E-state index < -0.39 is 0 Å². The van der Waals surface area contributed by atoms with Crippen LogP contribution >= 0.6 is 0 Å². The molecule has 2 heterocycles. The van der Waals surface area contributed by atoms with E-state index in [9.17, 15) is 4.79 Å². The van der Waals surface area contributed by atoms with E-state index in [2.05, 4.69) is 6.07 Å². The summed E-state index contributed by atoms with van der Waals surface area (Å²) in [6.45, 7) is 0. The number of methoxy groups -OCH3 is 1. The number of ether oxygens (including phenoxy) is 1. The van der Waals surface area contributed by atoms with Gasteiger partial charge in [0.2, 0.25) is 0 Å². The van der Waals surface area contributed by atoms with Gasteiger partial charge in [-0.1, -0.05) is 42.5 Å². The minimum Gasteiger partial charge on any atom is -0.497 e.